The van der Waals surface area contributed by atoms with Gasteiger partial charge >= 0.3 is 0 Å². The standard InChI is InChI=1S/C21H17ClN2O3S/c1-14-19(20(23-27-14)17-6-2-3-7-18(17)22)21(25)24(11-15-8-10-28-13-15)12-16-5-4-9-26-16/h2-10,13H,11-12H2,1H3. The van der Waals surface area contributed by atoms with Crippen molar-refractivity contribution in [3.05, 3.63) is 87.2 Å². The van der Waals surface area contributed by atoms with Gasteiger partial charge in [0, 0.05) is 12.1 Å². The first-order valence-electron chi connectivity index (χ1n) is 8.67. The van der Waals surface area contributed by atoms with E-state index in [9.17, 15) is 4.79 Å². The molecule has 0 unspecified atom stereocenters. The minimum Gasteiger partial charge on any atom is -0.467 e. The van der Waals surface area contributed by atoms with Gasteiger partial charge in [-0.2, -0.15) is 11.3 Å². The van der Waals surface area contributed by atoms with E-state index in [2.05, 4.69) is 5.16 Å². The van der Waals surface area contributed by atoms with Crippen molar-refractivity contribution in [2.45, 2.75) is 20.0 Å². The average Bonchev–Trinajstić information content (AvgIpc) is 3.44. The maximum absolute atomic E-state index is 13.5. The second kappa shape index (κ2) is 8.04. The Morgan fingerprint density at radius 2 is 2.04 bits per heavy atom. The van der Waals surface area contributed by atoms with Crippen molar-refractivity contribution in [3.8, 4) is 11.3 Å². The third kappa shape index (κ3) is 3.74. The van der Waals surface area contributed by atoms with Crippen LogP contribution < -0.4 is 0 Å². The molecule has 3 aromatic heterocycles. The minimum atomic E-state index is -0.184. The van der Waals surface area contributed by atoms with Crippen LogP contribution >= 0.6 is 22.9 Å². The number of rotatable bonds is 6. The summed E-state index contributed by atoms with van der Waals surface area (Å²) in [6, 6.07) is 12.9. The fourth-order valence-electron chi connectivity index (χ4n) is 3.01. The van der Waals surface area contributed by atoms with E-state index >= 15 is 0 Å². The molecule has 0 fully saturated rings. The Morgan fingerprint density at radius 1 is 1.18 bits per heavy atom. The zero-order chi connectivity index (χ0) is 19.5. The van der Waals surface area contributed by atoms with E-state index in [-0.39, 0.29) is 5.91 Å². The van der Waals surface area contributed by atoms with Crippen LogP contribution in [0.4, 0.5) is 0 Å². The molecule has 0 spiro atoms. The van der Waals surface area contributed by atoms with Gasteiger partial charge in [0.05, 0.1) is 17.8 Å². The third-order valence-corrected chi connectivity index (χ3v) is 5.43. The highest BCUT2D eigenvalue weighted by Crippen LogP contribution is 2.32. The molecular formula is C21H17ClN2O3S. The molecule has 0 N–H and O–H groups in total. The van der Waals surface area contributed by atoms with E-state index in [0.717, 1.165) is 5.56 Å². The number of furan rings is 1. The molecule has 0 radical (unpaired) electrons. The van der Waals surface area contributed by atoms with E-state index in [0.29, 0.717) is 46.5 Å². The monoisotopic (exact) mass is 412 g/mol. The number of aromatic nitrogens is 1. The van der Waals surface area contributed by atoms with Gasteiger partial charge in [-0.25, -0.2) is 0 Å². The lowest BCUT2D eigenvalue weighted by molar-refractivity contribution is 0.0717. The van der Waals surface area contributed by atoms with Gasteiger partial charge < -0.3 is 13.8 Å². The van der Waals surface area contributed by atoms with Crippen LogP contribution in [-0.2, 0) is 13.1 Å². The number of halogens is 1. The van der Waals surface area contributed by atoms with Crippen molar-refractivity contribution < 1.29 is 13.7 Å². The highest BCUT2D eigenvalue weighted by Gasteiger charge is 2.28. The fourth-order valence-corrected chi connectivity index (χ4v) is 3.90. The predicted molar refractivity (Wildman–Crippen MR) is 108 cm³/mol. The Labute approximate surface area is 171 Å². The SMILES string of the molecule is Cc1onc(-c2ccccc2Cl)c1C(=O)N(Cc1ccsc1)Cc1ccco1. The van der Waals surface area contributed by atoms with Crippen molar-refractivity contribution in [3.63, 3.8) is 0 Å². The van der Waals surface area contributed by atoms with Crippen LogP contribution in [0.15, 0.2) is 68.4 Å². The second-order valence-corrected chi connectivity index (χ2v) is 7.50. The van der Waals surface area contributed by atoms with Crippen LogP contribution in [0.2, 0.25) is 5.02 Å². The summed E-state index contributed by atoms with van der Waals surface area (Å²) < 4.78 is 10.8. The number of hydrogen-bond acceptors (Lipinski definition) is 5. The predicted octanol–water partition coefficient (Wildman–Crippen LogP) is 5.80. The number of amides is 1. The Hall–Kier alpha value is -2.83. The number of hydrogen-bond donors (Lipinski definition) is 0. The van der Waals surface area contributed by atoms with Crippen LogP contribution in [0.3, 0.4) is 0 Å². The van der Waals surface area contributed by atoms with Gasteiger partial charge in [0.2, 0.25) is 0 Å². The van der Waals surface area contributed by atoms with Gasteiger partial charge in [-0.3, -0.25) is 4.79 Å². The molecule has 5 nitrogen and oxygen atoms in total. The number of aryl methyl sites for hydroxylation is 1. The molecule has 4 aromatic rings. The summed E-state index contributed by atoms with van der Waals surface area (Å²) in [5, 5.41) is 8.65. The summed E-state index contributed by atoms with van der Waals surface area (Å²) in [4.78, 5) is 15.3. The zero-order valence-corrected chi connectivity index (χ0v) is 16.7. The van der Waals surface area contributed by atoms with Crippen molar-refractivity contribution in [2.24, 2.45) is 0 Å². The maximum atomic E-state index is 13.5. The summed E-state index contributed by atoms with van der Waals surface area (Å²) >= 11 is 7.93. The van der Waals surface area contributed by atoms with Gasteiger partial charge in [-0.1, -0.05) is 35.0 Å². The van der Waals surface area contributed by atoms with Crippen molar-refractivity contribution in [2.75, 3.05) is 0 Å². The molecule has 0 saturated carbocycles. The van der Waals surface area contributed by atoms with Gasteiger partial charge in [0.25, 0.3) is 5.91 Å². The summed E-state index contributed by atoms with van der Waals surface area (Å²) in [6.07, 6.45) is 1.60. The van der Waals surface area contributed by atoms with Crippen LogP contribution in [0.25, 0.3) is 11.3 Å². The van der Waals surface area contributed by atoms with Crippen LogP contribution in [0.1, 0.15) is 27.4 Å². The highest BCUT2D eigenvalue weighted by molar-refractivity contribution is 7.07. The van der Waals surface area contributed by atoms with Crippen molar-refractivity contribution in [1.29, 1.82) is 0 Å². The quantitative estimate of drug-likeness (QED) is 0.401. The second-order valence-electron chi connectivity index (χ2n) is 6.31. The van der Waals surface area contributed by atoms with E-state index in [4.69, 9.17) is 20.5 Å². The lowest BCUT2D eigenvalue weighted by Gasteiger charge is -2.21. The molecule has 28 heavy (non-hydrogen) atoms. The molecule has 0 saturated heterocycles. The topological polar surface area (TPSA) is 59.5 Å². The third-order valence-electron chi connectivity index (χ3n) is 4.37. The minimum absolute atomic E-state index is 0.184. The molecule has 0 atom stereocenters. The maximum Gasteiger partial charge on any atom is 0.260 e. The summed E-state index contributed by atoms with van der Waals surface area (Å²) in [7, 11) is 0. The summed E-state index contributed by atoms with van der Waals surface area (Å²) in [5.41, 5.74) is 2.58. The number of thiophene rings is 1. The molecule has 4 rings (SSSR count). The Balaban J connectivity index is 1.72. The zero-order valence-electron chi connectivity index (χ0n) is 15.1. The van der Waals surface area contributed by atoms with Crippen molar-refractivity contribution >= 4 is 28.8 Å². The number of benzene rings is 1. The number of nitrogens with zero attached hydrogens (tertiary/aromatic N) is 2. The van der Waals surface area contributed by atoms with Crippen molar-refractivity contribution in [1.82, 2.24) is 10.1 Å². The summed E-state index contributed by atoms with van der Waals surface area (Å²) in [5.74, 6) is 0.975. The molecule has 3 heterocycles. The first-order valence-corrected chi connectivity index (χ1v) is 9.99. The van der Waals surface area contributed by atoms with E-state index in [1.165, 1.54) is 0 Å². The van der Waals surface area contributed by atoms with Crippen LogP contribution in [0, 0.1) is 6.92 Å². The average molecular weight is 413 g/mol. The Bertz CT molecular complexity index is 1030. The Kier molecular flexibility index (Phi) is 5.32. The molecule has 1 aromatic carbocycles. The molecule has 7 heteroatoms. The van der Waals surface area contributed by atoms with Crippen LogP contribution in [-0.4, -0.2) is 16.0 Å². The Morgan fingerprint density at radius 3 is 2.75 bits per heavy atom. The molecular weight excluding hydrogens is 396 g/mol. The first kappa shape index (κ1) is 18.5. The first-order chi connectivity index (χ1) is 13.6. The lowest BCUT2D eigenvalue weighted by atomic mass is 10.0. The largest absolute Gasteiger partial charge is 0.467 e. The van der Waals surface area contributed by atoms with E-state index < -0.39 is 0 Å². The van der Waals surface area contributed by atoms with E-state index in [1.54, 1.807) is 35.5 Å². The fraction of sp³-hybridized carbons (Fsp3) is 0.143. The smallest absolute Gasteiger partial charge is 0.260 e. The number of carbonyl (C=O) groups is 1. The molecule has 1 amide bonds. The highest BCUT2D eigenvalue weighted by atomic mass is 35.5. The van der Waals surface area contributed by atoms with Crippen LogP contribution in [0.5, 0.6) is 0 Å². The number of carbonyl (C=O) groups excluding carboxylic acids is 1. The molecule has 0 aliphatic carbocycles. The summed E-state index contributed by atoms with van der Waals surface area (Å²) in [6.45, 7) is 2.53. The molecule has 0 aliphatic rings. The molecule has 0 aliphatic heterocycles. The van der Waals surface area contributed by atoms with Gasteiger partial charge in [-0.05, 0) is 47.5 Å². The van der Waals surface area contributed by atoms with Gasteiger partial charge in [-0.15, -0.1) is 0 Å². The van der Waals surface area contributed by atoms with Gasteiger partial charge in [0.15, 0.2) is 0 Å². The van der Waals surface area contributed by atoms with E-state index in [1.807, 2.05) is 47.2 Å². The molecule has 0 bridgehead atoms. The van der Waals surface area contributed by atoms with Gasteiger partial charge in [0.1, 0.15) is 22.8 Å². The molecule has 142 valence electrons. The lowest BCUT2D eigenvalue weighted by Crippen LogP contribution is -2.30. The normalized spacial score (nSPS) is 10.9.